The van der Waals surface area contributed by atoms with E-state index in [1.807, 2.05) is 33.3 Å². The lowest BCUT2D eigenvalue weighted by molar-refractivity contribution is -0.870. The quantitative estimate of drug-likeness (QED) is 0.0211. The van der Waals surface area contributed by atoms with Crippen LogP contribution < -0.4 is 4.89 Å². The lowest BCUT2D eigenvalue weighted by atomic mass is 10.0. The largest absolute Gasteiger partial charge is 0.756 e. The van der Waals surface area contributed by atoms with Crippen LogP contribution >= 0.6 is 7.82 Å². The van der Waals surface area contributed by atoms with Crippen molar-refractivity contribution in [2.24, 2.45) is 0 Å². The number of aliphatic hydroxyl groups is 1. The molecule has 0 aromatic carbocycles. The molecule has 0 saturated carbocycles. The highest BCUT2D eigenvalue weighted by molar-refractivity contribution is 7.45. The van der Waals surface area contributed by atoms with E-state index in [4.69, 9.17) is 18.5 Å². The number of quaternary nitrogens is 1. The summed E-state index contributed by atoms with van der Waals surface area (Å²) in [5, 5.41) is 9.73. The SMILES string of the molecule is CCCCCCCCCCCCCCCCCC(=O)O[C@H](COC(=O)CCC/C=C\C/C=C\C/C=C\C/C=C\CC(O)CCC)COP(=O)([O-])OCC[N+](C)(C)C. The molecule has 0 heterocycles. The van der Waals surface area contributed by atoms with Crippen molar-refractivity contribution in [3.05, 3.63) is 48.6 Å². The maximum Gasteiger partial charge on any atom is 0.306 e. The van der Waals surface area contributed by atoms with Crippen LogP contribution in [0.25, 0.3) is 0 Å². The Labute approximate surface area is 348 Å². The Morgan fingerprint density at radius 1 is 0.632 bits per heavy atom. The van der Waals surface area contributed by atoms with Gasteiger partial charge in [0.2, 0.25) is 0 Å². The predicted molar refractivity (Wildman–Crippen MR) is 233 cm³/mol. The number of likely N-dealkylation sites (N-methyl/N-ethyl adjacent to an activating group) is 1. The number of esters is 2. The van der Waals surface area contributed by atoms with Gasteiger partial charge in [-0.25, -0.2) is 0 Å². The van der Waals surface area contributed by atoms with Gasteiger partial charge in [-0.3, -0.25) is 14.2 Å². The number of hydrogen-bond acceptors (Lipinski definition) is 9. The van der Waals surface area contributed by atoms with Crippen LogP contribution in [0.5, 0.6) is 0 Å². The summed E-state index contributed by atoms with van der Waals surface area (Å²) in [7, 11) is 1.11. The van der Waals surface area contributed by atoms with Gasteiger partial charge in [0.15, 0.2) is 6.10 Å². The monoisotopic (exact) mass is 826 g/mol. The first-order chi connectivity index (χ1) is 27.4. The molecule has 11 heteroatoms. The van der Waals surface area contributed by atoms with Gasteiger partial charge in [-0.05, 0) is 51.4 Å². The highest BCUT2D eigenvalue weighted by atomic mass is 31.2. The molecule has 0 aromatic heterocycles. The van der Waals surface area contributed by atoms with E-state index >= 15 is 0 Å². The van der Waals surface area contributed by atoms with Crippen molar-refractivity contribution in [1.82, 2.24) is 0 Å². The maximum absolute atomic E-state index is 12.7. The summed E-state index contributed by atoms with van der Waals surface area (Å²) in [6.07, 6.45) is 40.6. The number of allylic oxidation sites excluding steroid dienone is 7. The normalized spacial score (nSPS) is 14.6. The maximum atomic E-state index is 12.7. The molecule has 57 heavy (non-hydrogen) atoms. The van der Waals surface area contributed by atoms with Gasteiger partial charge >= 0.3 is 11.9 Å². The third-order valence-electron chi connectivity index (χ3n) is 9.41. The smallest absolute Gasteiger partial charge is 0.306 e. The zero-order chi connectivity index (χ0) is 42.3. The number of phosphoric ester groups is 1. The molecule has 0 radical (unpaired) electrons. The van der Waals surface area contributed by atoms with E-state index in [1.54, 1.807) is 0 Å². The summed E-state index contributed by atoms with van der Waals surface area (Å²) in [4.78, 5) is 37.5. The second-order valence-electron chi connectivity index (χ2n) is 16.2. The van der Waals surface area contributed by atoms with Crippen molar-refractivity contribution in [2.45, 2.75) is 187 Å². The van der Waals surface area contributed by atoms with Gasteiger partial charge in [0.05, 0.1) is 33.9 Å². The number of ether oxygens (including phenoxy) is 2. The molecule has 3 atom stereocenters. The van der Waals surface area contributed by atoms with Gasteiger partial charge in [0.25, 0.3) is 7.82 Å². The van der Waals surface area contributed by atoms with E-state index in [9.17, 15) is 24.2 Å². The zero-order valence-electron chi connectivity index (χ0n) is 36.9. The van der Waals surface area contributed by atoms with Crippen LogP contribution in [0.4, 0.5) is 0 Å². The molecule has 2 unspecified atom stereocenters. The van der Waals surface area contributed by atoms with E-state index in [2.05, 4.69) is 50.3 Å². The van der Waals surface area contributed by atoms with Crippen LogP contribution in [0.1, 0.15) is 174 Å². The van der Waals surface area contributed by atoms with Gasteiger partial charge in [0.1, 0.15) is 19.8 Å². The van der Waals surface area contributed by atoms with Crippen molar-refractivity contribution < 1.29 is 47.2 Å². The van der Waals surface area contributed by atoms with Gasteiger partial charge in [-0.15, -0.1) is 0 Å². The van der Waals surface area contributed by atoms with E-state index in [-0.39, 0.29) is 32.2 Å². The minimum Gasteiger partial charge on any atom is -0.756 e. The van der Waals surface area contributed by atoms with E-state index in [0.717, 1.165) is 51.4 Å². The number of phosphoric acid groups is 1. The summed E-state index contributed by atoms with van der Waals surface area (Å²) in [5.41, 5.74) is 0. The van der Waals surface area contributed by atoms with Crippen molar-refractivity contribution in [3.8, 4) is 0 Å². The molecule has 332 valence electrons. The molecule has 0 spiro atoms. The minimum absolute atomic E-state index is 0.0457. The van der Waals surface area contributed by atoms with Crippen molar-refractivity contribution >= 4 is 19.8 Å². The Morgan fingerprint density at radius 3 is 1.65 bits per heavy atom. The number of aliphatic hydroxyl groups excluding tert-OH is 1. The molecule has 0 aliphatic carbocycles. The van der Waals surface area contributed by atoms with Crippen LogP contribution in [0.15, 0.2) is 48.6 Å². The number of hydrogen-bond donors (Lipinski definition) is 1. The average molecular weight is 826 g/mol. The molecule has 0 saturated heterocycles. The number of rotatable bonds is 40. The van der Waals surface area contributed by atoms with Crippen molar-refractivity contribution in [2.75, 3.05) is 47.5 Å². The predicted octanol–water partition coefficient (Wildman–Crippen LogP) is 11.0. The topological polar surface area (TPSA) is 131 Å². The minimum atomic E-state index is -4.64. The molecule has 1 N–H and O–H groups in total. The lowest BCUT2D eigenvalue weighted by Gasteiger charge is -2.28. The number of unbranched alkanes of at least 4 members (excludes halogenated alkanes) is 15. The number of carbonyl (C=O) groups excluding carboxylic acids is 2. The molecule has 0 amide bonds. The van der Waals surface area contributed by atoms with Crippen LogP contribution in [0.3, 0.4) is 0 Å². The fourth-order valence-corrected chi connectivity index (χ4v) is 6.63. The fourth-order valence-electron chi connectivity index (χ4n) is 5.90. The van der Waals surface area contributed by atoms with Gasteiger partial charge in [0, 0.05) is 12.8 Å². The Balaban J connectivity index is 4.45. The standard InChI is InChI=1S/C46H84NO9P/c1-6-8-9-10-11-12-13-14-15-18-22-25-28-31-34-38-46(50)56-44(42-55-57(51,52)54-40-39-47(3,4)5)41-53-45(49)37-33-30-27-24-21-19-16-17-20-23-26-29-32-36-43(48)35-7-2/h16,19-20,23-24,27,29,32,43-44,48H,6-15,17-18,21-22,25-26,28,30-31,33-42H2,1-5H3/b19-16-,23-20-,27-24-,32-29-/t43?,44-/m1/s1. The Morgan fingerprint density at radius 2 is 1.12 bits per heavy atom. The molecule has 0 rings (SSSR count). The summed E-state index contributed by atoms with van der Waals surface area (Å²) >= 11 is 0. The third-order valence-corrected chi connectivity index (χ3v) is 10.4. The fraction of sp³-hybridized carbons (Fsp3) is 0.783. The third kappa shape index (κ3) is 41.9. The highest BCUT2D eigenvalue weighted by Crippen LogP contribution is 2.38. The van der Waals surface area contributed by atoms with Gasteiger partial charge in [-0.1, -0.05) is 159 Å². The summed E-state index contributed by atoms with van der Waals surface area (Å²) in [5.74, 6) is -0.918. The molecular formula is C46H84NO9P. The van der Waals surface area contributed by atoms with Crippen LogP contribution in [-0.4, -0.2) is 81.2 Å². The van der Waals surface area contributed by atoms with Gasteiger partial charge < -0.3 is 33.0 Å². The molecule has 10 nitrogen and oxygen atoms in total. The Hall–Kier alpha value is -2.07. The first-order valence-corrected chi connectivity index (χ1v) is 23.9. The first kappa shape index (κ1) is 54.9. The zero-order valence-corrected chi connectivity index (χ0v) is 37.8. The van der Waals surface area contributed by atoms with E-state index < -0.39 is 32.5 Å². The molecule has 0 aromatic rings. The second kappa shape index (κ2) is 38.2. The molecular weight excluding hydrogens is 741 g/mol. The van der Waals surface area contributed by atoms with E-state index in [0.29, 0.717) is 36.7 Å². The molecule has 0 fully saturated rings. The van der Waals surface area contributed by atoms with Crippen LogP contribution in [0.2, 0.25) is 0 Å². The Bertz CT molecular complexity index is 1130. The number of carbonyl (C=O) groups is 2. The molecule has 0 aliphatic heterocycles. The summed E-state index contributed by atoms with van der Waals surface area (Å²) in [6, 6.07) is 0. The lowest BCUT2D eigenvalue weighted by Crippen LogP contribution is -2.37. The first-order valence-electron chi connectivity index (χ1n) is 22.4. The molecule has 0 aliphatic rings. The van der Waals surface area contributed by atoms with E-state index in [1.165, 1.54) is 70.6 Å². The van der Waals surface area contributed by atoms with Crippen LogP contribution in [-0.2, 0) is 32.7 Å². The molecule has 0 bridgehead atoms. The Kier molecular flexibility index (Phi) is 36.8. The van der Waals surface area contributed by atoms with Gasteiger partial charge in [-0.2, -0.15) is 0 Å². The summed E-state index contributed by atoms with van der Waals surface area (Å²) in [6.45, 7) is 3.95. The number of nitrogens with zero attached hydrogens (tertiary/aromatic N) is 1. The highest BCUT2D eigenvalue weighted by Gasteiger charge is 2.21. The van der Waals surface area contributed by atoms with Crippen LogP contribution in [0, 0.1) is 0 Å². The van der Waals surface area contributed by atoms with Crippen molar-refractivity contribution in [3.63, 3.8) is 0 Å². The summed E-state index contributed by atoms with van der Waals surface area (Å²) < 4.78 is 33.8. The second-order valence-corrected chi connectivity index (χ2v) is 17.7. The van der Waals surface area contributed by atoms with Crippen molar-refractivity contribution in [1.29, 1.82) is 0 Å². The average Bonchev–Trinajstić information content (AvgIpc) is 3.15.